The summed E-state index contributed by atoms with van der Waals surface area (Å²) in [5.74, 6) is 1.88. The van der Waals surface area contributed by atoms with Crippen molar-refractivity contribution in [1.82, 2.24) is 25.4 Å². The van der Waals surface area contributed by atoms with Crippen LogP contribution in [0.2, 0.25) is 0 Å². The third kappa shape index (κ3) is 3.78. The van der Waals surface area contributed by atoms with Crippen molar-refractivity contribution in [2.75, 3.05) is 19.5 Å². The summed E-state index contributed by atoms with van der Waals surface area (Å²) in [6.45, 7) is 0. The summed E-state index contributed by atoms with van der Waals surface area (Å²) in [4.78, 5) is 12.8. The van der Waals surface area contributed by atoms with Crippen LogP contribution in [-0.2, 0) is 0 Å². The number of carbonyl (C=O) groups excluding carboxylic acids is 1. The van der Waals surface area contributed by atoms with Crippen LogP contribution in [-0.4, -0.2) is 45.5 Å². The summed E-state index contributed by atoms with van der Waals surface area (Å²) in [5.41, 5.74) is 2.19. The molecule has 32 heavy (non-hydrogen) atoms. The quantitative estimate of drug-likeness (QED) is 0.471. The minimum absolute atomic E-state index is 0.137. The molecule has 1 aliphatic rings. The van der Waals surface area contributed by atoms with Gasteiger partial charge in [-0.3, -0.25) is 4.79 Å². The molecule has 0 aliphatic heterocycles. The number of hydrogen-bond donors (Lipinski definition) is 1. The highest BCUT2D eigenvalue weighted by molar-refractivity contribution is 6.03. The number of anilines is 1. The van der Waals surface area contributed by atoms with Crippen molar-refractivity contribution < 1.29 is 18.8 Å². The summed E-state index contributed by atoms with van der Waals surface area (Å²) in [5, 5.41) is 18.8. The van der Waals surface area contributed by atoms with E-state index in [1.807, 2.05) is 22.9 Å². The van der Waals surface area contributed by atoms with Gasteiger partial charge in [-0.25, -0.2) is 4.68 Å². The molecule has 0 unspecified atom stereocenters. The number of amides is 1. The Morgan fingerprint density at radius 3 is 2.78 bits per heavy atom. The fraction of sp³-hybridized carbons (Fsp3) is 0.227. The predicted molar refractivity (Wildman–Crippen MR) is 115 cm³/mol. The Kier molecular flexibility index (Phi) is 5.02. The second-order valence-electron chi connectivity index (χ2n) is 7.36. The molecule has 2 aromatic heterocycles. The molecule has 10 nitrogen and oxygen atoms in total. The molecule has 1 fully saturated rings. The van der Waals surface area contributed by atoms with Crippen LogP contribution in [0.1, 0.15) is 29.4 Å². The zero-order valence-electron chi connectivity index (χ0n) is 17.5. The smallest absolute Gasteiger partial charge is 0.277 e. The number of nitrogens with zero attached hydrogens (tertiary/aromatic N) is 5. The molecule has 1 aliphatic carbocycles. The van der Waals surface area contributed by atoms with Crippen molar-refractivity contribution in [3.8, 4) is 34.2 Å². The second-order valence-corrected chi connectivity index (χ2v) is 7.36. The first kappa shape index (κ1) is 19.7. The van der Waals surface area contributed by atoms with E-state index in [1.54, 1.807) is 44.6 Å². The van der Waals surface area contributed by atoms with E-state index in [9.17, 15) is 4.79 Å². The highest BCUT2D eigenvalue weighted by Gasteiger charge is 2.28. The van der Waals surface area contributed by atoms with Crippen molar-refractivity contribution in [3.63, 3.8) is 0 Å². The van der Waals surface area contributed by atoms with E-state index in [1.165, 1.54) is 0 Å². The van der Waals surface area contributed by atoms with Gasteiger partial charge >= 0.3 is 0 Å². The maximum atomic E-state index is 12.8. The van der Waals surface area contributed by atoms with Crippen molar-refractivity contribution >= 4 is 11.6 Å². The Hall–Kier alpha value is -4.21. The SMILES string of the molecule is COc1ccc(OC)c(-c2cc(C(=O)Nc3cccc(-c4nnnn4C4CC4)c3)no2)c1. The number of rotatable bonds is 7. The van der Waals surface area contributed by atoms with Crippen molar-refractivity contribution in [2.45, 2.75) is 18.9 Å². The fourth-order valence-electron chi connectivity index (χ4n) is 3.40. The minimum Gasteiger partial charge on any atom is -0.497 e. The average Bonchev–Trinajstić information content (AvgIpc) is 3.34. The largest absolute Gasteiger partial charge is 0.497 e. The molecule has 0 bridgehead atoms. The lowest BCUT2D eigenvalue weighted by atomic mass is 10.1. The van der Waals surface area contributed by atoms with Crippen LogP contribution >= 0.6 is 0 Å². The first-order valence-corrected chi connectivity index (χ1v) is 10.0. The van der Waals surface area contributed by atoms with E-state index in [0.29, 0.717) is 40.4 Å². The first-order valence-electron chi connectivity index (χ1n) is 10.0. The molecule has 162 valence electrons. The van der Waals surface area contributed by atoms with E-state index >= 15 is 0 Å². The van der Waals surface area contributed by atoms with Gasteiger partial charge in [0, 0.05) is 17.3 Å². The van der Waals surface area contributed by atoms with Gasteiger partial charge in [-0.2, -0.15) is 0 Å². The summed E-state index contributed by atoms with van der Waals surface area (Å²) in [7, 11) is 3.13. The van der Waals surface area contributed by atoms with Gasteiger partial charge in [0.25, 0.3) is 5.91 Å². The van der Waals surface area contributed by atoms with E-state index in [2.05, 4.69) is 26.0 Å². The lowest BCUT2D eigenvalue weighted by Gasteiger charge is -2.07. The molecule has 1 amide bonds. The number of ether oxygens (including phenoxy) is 2. The number of benzene rings is 2. The van der Waals surface area contributed by atoms with Crippen LogP contribution in [0.5, 0.6) is 11.5 Å². The Morgan fingerprint density at radius 1 is 1.12 bits per heavy atom. The number of carbonyl (C=O) groups is 1. The van der Waals surface area contributed by atoms with Crippen LogP contribution in [0.25, 0.3) is 22.7 Å². The van der Waals surface area contributed by atoms with Gasteiger partial charge in [-0.05, 0) is 53.6 Å². The van der Waals surface area contributed by atoms with E-state index < -0.39 is 5.91 Å². The Bertz CT molecular complexity index is 1280. The van der Waals surface area contributed by atoms with E-state index in [0.717, 1.165) is 18.4 Å². The summed E-state index contributed by atoms with van der Waals surface area (Å²) >= 11 is 0. The van der Waals surface area contributed by atoms with Gasteiger partial charge in [0.1, 0.15) is 11.5 Å². The zero-order chi connectivity index (χ0) is 22.1. The van der Waals surface area contributed by atoms with Gasteiger partial charge in [0.2, 0.25) is 0 Å². The standard InChI is InChI=1S/C22H20N6O4/c1-30-16-8-9-19(31-2)17(11-16)20-12-18(25-32-20)22(29)23-14-5-3-4-13(10-14)21-24-26-27-28(21)15-6-7-15/h3-5,8-12,15H,6-7H2,1-2H3,(H,23,29). The summed E-state index contributed by atoms with van der Waals surface area (Å²) in [6.07, 6.45) is 2.14. The van der Waals surface area contributed by atoms with Crippen LogP contribution in [0, 0.1) is 0 Å². The number of aromatic nitrogens is 5. The number of methoxy groups -OCH3 is 2. The minimum atomic E-state index is -0.402. The van der Waals surface area contributed by atoms with Gasteiger partial charge in [0.05, 0.1) is 25.8 Å². The fourth-order valence-corrected chi connectivity index (χ4v) is 3.40. The maximum absolute atomic E-state index is 12.8. The van der Waals surface area contributed by atoms with Crippen LogP contribution in [0.15, 0.2) is 53.1 Å². The van der Waals surface area contributed by atoms with Crippen LogP contribution in [0.3, 0.4) is 0 Å². The first-order chi connectivity index (χ1) is 15.7. The summed E-state index contributed by atoms with van der Waals surface area (Å²) in [6, 6.07) is 14.6. The molecule has 4 aromatic rings. The van der Waals surface area contributed by atoms with Gasteiger partial charge in [0.15, 0.2) is 17.3 Å². The molecule has 5 rings (SSSR count). The lowest BCUT2D eigenvalue weighted by Crippen LogP contribution is -2.12. The normalized spacial score (nSPS) is 13.1. The Labute approximate surface area is 183 Å². The second kappa shape index (κ2) is 8.14. The van der Waals surface area contributed by atoms with Gasteiger partial charge in [-0.15, -0.1) is 5.10 Å². The predicted octanol–water partition coefficient (Wildman–Crippen LogP) is 3.60. The van der Waals surface area contributed by atoms with Crippen molar-refractivity contribution in [2.24, 2.45) is 0 Å². The molecule has 0 saturated heterocycles. The van der Waals surface area contributed by atoms with E-state index in [-0.39, 0.29) is 5.69 Å². The Balaban J connectivity index is 1.37. The van der Waals surface area contributed by atoms with Crippen molar-refractivity contribution in [3.05, 3.63) is 54.2 Å². The van der Waals surface area contributed by atoms with Crippen LogP contribution in [0.4, 0.5) is 5.69 Å². The highest BCUT2D eigenvalue weighted by Crippen LogP contribution is 2.37. The van der Waals surface area contributed by atoms with Crippen LogP contribution < -0.4 is 14.8 Å². The molecular weight excluding hydrogens is 412 g/mol. The molecule has 2 heterocycles. The molecule has 10 heteroatoms. The van der Waals surface area contributed by atoms with Crippen molar-refractivity contribution in [1.29, 1.82) is 0 Å². The lowest BCUT2D eigenvalue weighted by molar-refractivity contribution is 0.101. The highest BCUT2D eigenvalue weighted by atomic mass is 16.5. The number of hydrogen-bond acceptors (Lipinski definition) is 8. The number of nitrogens with one attached hydrogen (secondary N) is 1. The monoisotopic (exact) mass is 432 g/mol. The molecular formula is C22H20N6O4. The van der Waals surface area contributed by atoms with Gasteiger partial charge < -0.3 is 19.3 Å². The molecule has 2 aromatic carbocycles. The topological polar surface area (TPSA) is 117 Å². The van der Waals surface area contributed by atoms with E-state index in [4.69, 9.17) is 14.0 Å². The summed E-state index contributed by atoms with van der Waals surface area (Å²) < 4.78 is 17.9. The molecule has 0 radical (unpaired) electrons. The molecule has 1 N–H and O–H groups in total. The molecule has 0 spiro atoms. The Morgan fingerprint density at radius 2 is 2.00 bits per heavy atom. The van der Waals surface area contributed by atoms with Gasteiger partial charge in [-0.1, -0.05) is 17.3 Å². The third-order valence-corrected chi connectivity index (χ3v) is 5.18. The molecule has 1 saturated carbocycles. The maximum Gasteiger partial charge on any atom is 0.277 e. The molecule has 0 atom stereocenters. The average molecular weight is 432 g/mol. The zero-order valence-corrected chi connectivity index (χ0v) is 17.5. The number of tetrazole rings is 1. The third-order valence-electron chi connectivity index (χ3n) is 5.18.